The third-order valence-electron chi connectivity index (χ3n) is 3.87. The molecule has 4 nitrogen and oxygen atoms in total. The summed E-state index contributed by atoms with van der Waals surface area (Å²) in [5, 5.41) is 3.12. The van der Waals surface area contributed by atoms with Crippen LogP contribution in [-0.2, 0) is 4.79 Å². The second kappa shape index (κ2) is 6.52. The summed E-state index contributed by atoms with van der Waals surface area (Å²) in [5.74, 6) is 0.892. The molecule has 2 aromatic rings. The van der Waals surface area contributed by atoms with Crippen molar-refractivity contribution < 1.29 is 9.53 Å². The molecule has 1 atom stereocenters. The lowest BCUT2D eigenvalue weighted by Gasteiger charge is -2.27. The second-order valence-corrected chi connectivity index (χ2v) is 5.49. The Labute approximate surface area is 130 Å². The van der Waals surface area contributed by atoms with Crippen molar-refractivity contribution in [1.82, 2.24) is 5.32 Å². The van der Waals surface area contributed by atoms with Crippen LogP contribution in [-0.4, -0.2) is 26.1 Å². The number of carbonyl (C=O) groups excluding carboxylic acids is 1. The Kier molecular flexibility index (Phi) is 4.28. The molecule has 0 fully saturated rings. The molecule has 1 aliphatic rings. The third-order valence-corrected chi connectivity index (χ3v) is 3.87. The molecule has 114 valence electrons. The van der Waals surface area contributed by atoms with Crippen molar-refractivity contribution in [2.45, 2.75) is 12.5 Å². The first-order valence-electron chi connectivity index (χ1n) is 7.51. The topological polar surface area (TPSA) is 41.6 Å². The van der Waals surface area contributed by atoms with Gasteiger partial charge >= 0.3 is 0 Å². The predicted molar refractivity (Wildman–Crippen MR) is 87.1 cm³/mol. The zero-order valence-electron chi connectivity index (χ0n) is 12.7. The lowest BCUT2D eigenvalue weighted by molar-refractivity contribution is -0.120. The SMILES string of the molecule is CN(CC(=O)N[C@H]1CCOc2ccccc21)c1ccccc1. The van der Waals surface area contributed by atoms with Gasteiger partial charge in [-0.1, -0.05) is 36.4 Å². The van der Waals surface area contributed by atoms with Gasteiger partial charge in [0.15, 0.2) is 0 Å². The molecule has 0 saturated carbocycles. The van der Waals surface area contributed by atoms with Gasteiger partial charge in [-0.2, -0.15) is 0 Å². The van der Waals surface area contributed by atoms with E-state index in [9.17, 15) is 4.79 Å². The Morgan fingerprint density at radius 2 is 1.91 bits per heavy atom. The maximum Gasteiger partial charge on any atom is 0.239 e. The molecule has 1 heterocycles. The largest absolute Gasteiger partial charge is 0.493 e. The average molecular weight is 296 g/mol. The van der Waals surface area contributed by atoms with E-state index < -0.39 is 0 Å². The van der Waals surface area contributed by atoms with Crippen molar-refractivity contribution in [2.75, 3.05) is 25.1 Å². The third kappa shape index (κ3) is 3.22. The van der Waals surface area contributed by atoms with Crippen LogP contribution in [0.5, 0.6) is 5.75 Å². The summed E-state index contributed by atoms with van der Waals surface area (Å²) >= 11 is 0. The van der Waals surface area contributed by atoms with E-state index in [1.807, 2.05) is 66.5 Å². The summed E-state index contributed by atoms with van der Waals surface area (Å²) in [6, 6.07) is 17.8. The highest BCUT2D eigenvalue weighted by Gasteiger charge is 2.22. The van der Waals surface area contributed by atoms with Crippen LogP contribution in [0.2, 0.25) is 0 Å². The standard InChI is InChI=1S/C18H20N2O2/c1-20(14-7-3-2-4-8-14)13-18(21)19-16-11-12-22-17-10-6-5-9-15(16)17/h2-10,16H,11-13H2,1H3,(H,19,21)/t16-/m0/s1. The number of hydrogen-bond donors (Lipinski definition) is 1. The van der Waals surface area contributed by atoms with Crippen molar-refractivity contribution in [2.24, 2.45) is 0 Å². The number of para-hydroxylation sites is 2. The molecule has 22 heavy (non-hydrogen) atoms. The summed E-state index contributed by atoms with van der Waals surface area (Å²) in [5.41, 5.74) is 2.09. The number of nitrogens with zero attached hydrogens (tertiary/aromatic N) is 1. The summed E-state index contributed by atoms with van der Waals surface area (Å²) in [6.07, 6.45) is 0.803. The van der Waals surface area contributed by atoms with Gasteiger partial charge in [-0.3, -0.25) is 4.79 Å². The molecule has 2 aromatic carbocycles. The number of benzene rings is 2. The number of ether oxygens (including phenoxy) is 1. The molecule has 4 heteroatoms. The number of hydrogen-bond acceptors (Lipinski definition) is 3. The van der Waals surface area contributed by atoms with Crippen LogP contribution < -0.4 is 15.0 Å². The molecule has 0 unspecified atom stereocenters. The Bertz CT molecular complexity index is 643. The van der Waals surface area contributed by atoms with E-state index in [0.29, 0.717) is 13.2 Å². The first kappa shape index (κ1) is 14.4. The minimum atomic E-state index is 0.0213. The fourth-order valence-electron chi connectivity index (χ4n) is 2.72. The Hall–Kier alpha value is -2.49. The van der Waals surface area contributed by atoms with Crippen LogP contribution >= 0.6 is 0 Å². The maximum atomic E-state index is 12.3. The monoisotopic (exact) mass is 296 g/mol. The molecule has 1 N–H and O–H groups in total. The van der Waals surface area contributed by atoms with Gasteiger partial charge in [0.2, 0.25) is 5.91 Å². The zero-order chi connectivity index (χ0) is 15.4. The number of amides is 1. The van der Waals surface area contributed by atoms with Crippen LogP contribution in [0.1, 0.15) is 18.0 Å². The highest BCUT2D eigenvalue weighted by Crippen LogP contribution is 2.31. The van der Waals surface area contributed by atoms with Crippen LogP contribution in [0.3, 0.4) is 0 Å². The molecule has 0 saturated heterocycles. The van der Waals surface area contributed by atoms with E-state index in [-0.39, 0.29) is 11.9 Å². The number of fused-ring (bicyclic) bond motifs is 1. The second-order valence-electron chi connectivity index (χ2n) is 5.49. The fraction of sp³-hybridized carbons (Fsp3) is 0.278. The molecule has 0 aromatic heterocycles. The molecule has 0 spiro atoms. The molecule has 1 aliphatic heterocycles. The molecule has 1 amide bonds. The average Bonchev–Trinajstić information content (AvgIpc) is 2.56. The van der Waals surface area contributed by atoms with Crippen LogP contribution in [0.15, 0.2) is 54.6 Å². The van der Waals surface area contributed by atoms with E-state index in [2.05, 4.69) is 5.32 Å². The zero-order valence-corrected chi connectivity index (χ0v) is 12.7. The molecular weight excluding hydrogens is 276 g/mol. The number of anilines is 1. The Morgan fingerprint density at radius 1 is 1.18 bits per heavy atom. The molecule has 0 aliphatic carbocycles. The molecular formula is C18H20N2O2. The predicted octanol–water partition coefficient (Wildman–Crippen LogP) is 2.76. The maximum absolute atomic E-state index is 12.3. The van der Waals surface area contributed by atoms with Crippen LogP contribution in [0, 0.1) is 0 Å². The van der Waals surface area contributed by atoms with Crippen molar-refractivity contribution in [1.29, 1.82) is 0 Å². The number of nitrogens with one attached hydrogen (secondary N) is 1. The van der Waals surface area contributed by atoms with E-state index >= 15 is 0 Å². The van der Waals surface area contributed by atoms with E-state index in [1.54, 1.807) is 0 Å². The van der Waals surface area contributed by atoms with Gasteiger partial charge in [0, 0.05) is 24.7 Å². The van der Waals surface area contributed by atoms with E-state index in [4.69, 9.17) is 4.74 Å². The smallest absolute Gasteiger partial charge is 0.239 e. The minimum Gasteiger partial charge on any atom is -0.493 e. The summed E-state index contributed by atoms with van der Waals surface area (Å²) in [4.78, 5) is 14.3. The van der Waals surface area contributed by atoms with Crippen molar-refractivity contribution in [3.8, 4) is 5.75 Å². The normalized spacial score (nSPS) is 16.3. The summed E-state index contributed by atoms with van der Waals surface area (Å²) in [7, 11) is 1.92. The van der Waals surface area contributed by atoms with Crippen molar-refractivity contribution >= 4 is 11.6 Å². The van der Waals surface area contributed by atoms with Gasteiger partial charge in [-0.15, -0.1) is 0 Å². The van der Waals surface area contributed by atoms with Gasteiger partial charge in [0.05, 0.1) is 19.2 Å². The minimum absolute atomic E-state index is 0.0213. The first-order chi connectivity index (χ1) is 10.7. The van der Waals surface area contributed by atoms with Gasteiger partial charge in [-0.25, -0.2) is 0 Å². The van der Waals surface area contributed by atoms with Crippen molar-refractivity contribution in [3.63, 3.8) is 0 Å². The molecule has 0 radical (unpaired) electrons. The highest BCUT2D eigenvalue weighted by molar-refractivity contribution is 5.81. The fourth-order valence-corrected chi connectivity index (χ4v) is 2.72. The lowest BCUT2D eigenvalue weighted by Crippen LogP contribution is -2.38. The van der Waals surface area contributed by atoms with Crippen LogP contribution in [0.25, 0.3) is 0 Å². The summed E-state index contributed by atoms with van der Waals surface area (Å²) in [6.45, 7) is 0.972. The number of likely N-dealkylation sites (N-methyl/N-ethyl adjacent to an activating group) is 1. The highest BCUT2D eigenvalue weighted by atomic mass is 16.5. The van der Waals surface area contributed by atoms with E-state index in [1.165, 1.54) is 0 Å². The Balaban J connectivity index is 1.63. The van der Waals surface area contributed by atoms with Gasteiger partial charge in [-0.05, 0) is 18.2 Å². The number of rotatable bonds is 4. The molecule has 3 rings (SSSR count). The quantitative estimate of drug-likeness (QED) is 0.943. The van der Waals surface area contributed by atoms with Gasteiger partial charge in [0.1, 0.15) is 5.75 Å². The van der Waals surface area contributed by atoms with Gasteiger partial charge < -0.3 is 15.0 Å². The lowest BCUT2D eigenvalue weighted by atomic mass is 10.0. The van der Waals surface area contributed by atoms with Crippen molar-refractivity contribution in [3.05, 3.63) is 60.2 Å². The Morgan fingerprint density at radius 3 is 2.73 bits per heavy atom. The summed E-state index contributed by atoms with van der Waals surface area (Å²) < 4.78 is 5.62. The molecule has 0 bridgehead atoms. The number of carbonyl (C=O) groups is 1. The first-order valence-corrected chi connectivity index (χ1v) is 7.51. The van der Waals surface area contributed by atoms with Crippen LogP contribution in [0.4, 0.5) is 5.69 Å². The van der Waals surface area contributed by atoms with Gasteiger partial charge in [0.25, 0.3) is 0 Å². The van der Waals surface area contributed by atoms with E-state index in [0.717, 1.165) is 23.4 Å².